The number of aryl methyl sites for hydroxylation is 1. The lowest BCUT2D eigenvalue weighted by Crippen LogP contribution is -2.49. The number of fused-ring (bicyclic) bond motifs is 1. The van der Waals surface area contributed by atoms with Crippen LogP contribution in [-0.2, 0) is 18.4 Å². The van der Waals surface area contributed by atoms with Gasteiger partial charge in [-0.15, -0.1) is 0 Å². The van der Waals surface area contributed by atoms with Crippen molar-refractivity contribution in [3.63, 3.8) is 0 Å². The Kier molecular flexibility index (Phi) is 3.86. The molecule has 3 aromatic rings. The van der Waals surface area contributed by atoms with Crippen LogP contribution >= 0.6 is 0 Å². The number of rotatable bonds is 5. The van der Waals surface area contributed by atoms with E-state index in [-0.39, 0.29) is 5.69 Å². The Morgan fingerprint density at radius 2 is 1.92 bits per heavy atom. The van der Waals surface area contributed by atoms with Gasteiger partial charge in [-0.05, 0) is 17.7 Å². The molecule has 0 spiro atoms. The number of hydrogen-bond donors (Lipinski definition) is 1. The van der Waals surface area contributed by atoms with Crippen molar-refractivity contribution < 1.29 is 4.74 Å². The molecule has 1 saturated heterocycles. The molecule has 0 bridgehead atoms. The second-order valence-corrected chi connectivity index (χ2v) is 6.43. The molecule has 2 aromatic carbocycles. The second-order valence-electron chi connectivity index (χ2n) is 6.43. The number of imidazole rings is 1. The third-order valence-corrected chi connectivity index (χ3v) is 4.66. The van der Waals surface area contributed by atoms with E-state index < -0.39 is 0 Å². The van der Waals surface area contributed by atoms with Gasteiger partial charge in [-0.3, -0.25) is 4.57 Å². The fourth-order valence-corrected chi connectivity index (χ4v) is 3.33. The maximum atomic E-state index is 11.8. The van der Waals surface area contributed by atoms with E-state index in [1.807, 2.05) is 37.4 Å². The summed E-state index contributed by atoms with van der Waals surface area (Å²) in [6, 6.07) is 16.3. The van der Waals surface area contributed by atoms with Crippen molar-refractivity contribution in [2.45, 2.75) is 6.61 Å². The summed E-state index contributed by atoms with van der Waals surface area (Å²) in [7, 11) is 1.81. The van der Waals surface area contributed by atoms with E-state index in [4.69, 9.17) is 4.74 Å². The molecule has 1 aliphatic rings. The van der Waals surface area contributed by atoms with E-state index in [9.17, 15) is 4.79 Å². The van der Waals surface area contributed by atoms with E-state index in [2.05, 4.69) is 28.1 Å². The number of nitrogens with zero attached hydrogens (tertiary/aromatic N) is 2. The zero-order chi connectivity index (χ0) is 16.5. The van der Waals surface area contributed by atoms with Crippen LogP contribution in [0.2, 0.25) is 0 Å². The van der Waals surface area contributed by atoms with Gasteiger partial charge in [0.1, 0.15) is 0 Å². The minimum atomic E-state index is -0.0688. The summed E-state index contributed by atoms with van der Waals surface area (Å²) in [5.41, 5.74) is 4.13. The van der Waals surface area contributed by atoms with Crippen LogP contribution in [-0.4, -0.2) is 29.2 Å². The van der Waals surface area contributed by atoms with Crippen molar-refractivity contribution in [3.8, 4) is 0 Å². The summed E-state index contributed by atoms with van der Waals surface area (Å²) in [5, 5.41) is 0. The average molecular weight is 323 g/mol. The molecule has 5 nitrogen and oxygen atoms in total. The lowest BCUT2D eigenvalue weighted by Gasteiger charge is -2.41. The normalized spacial score (nSPS) is 15.0. The van der Waals surface area contributed by atoms with Crippen LogP contribution in [0, 0.1) is 5.92 Å². The number of ether oxygens (including phenoxy) is 1. The van der Waals surface area contributed by atoms with Crippen LogP contribution in [0.4, 0.5) is 5.69 Å². The molecule has 1 N–H and O–H groups in total. The number of hydrogen-bond acceptors (Lipinski definition) is 3. The van der Waals surface area contributed by atoms with Crippen LogP contribution in [0.3, 0.4) is 0 Å². The Hall–Kier alpha value is -2.53. The highest BCUT2D eigenvalue weighted by molar-refractivity contribution is 5.89. The third-order valence-electron chi connectivity index (χ3n) is 4.66. The van der Waals surface area contributed by atoms with Crippen molar-refractivity contribution >= 4 is 16.7 Å². The first kappa shape index (κ1) is 15.0. The fraction of sp³-hybridized carbons (Fsp3) is 0.316. The van der Waals surface area contributed by atoms with Crippen molar-refractivity contribution in [2.24, 2.45) is 13.0 Å². The van der Waals surface area contributed by atoms with Gasteiger partial charge in [-0.1, -0.05) is 36.4 Å². The molecule has 1 aromatic heterocycles. The first-order valence-corrected chi connectivity index (χ1v) is 8.26. The molecule has 0 atom stereocenters. The molecular formula is C19H21N3O2. The Morgan fingerprint density at radius 1 is 1.12 bits per heavy atom. The summed E-state index contributed by atoms with van der Waals surface area (Å²) in [6.45, 7) is 3.37. The zero-order valence-corrected chi connectivity index (χ0v) is 13.7. The van der Waals surface area contributed by atoms with E-state index in [1.54, 1.807) is 4.57 Å². The standard InChI is InChI=1S/C19H21N3O2/c1-21-18-16(20-19(21)23)8-5-9-17(18)22-10-15(11-22)13-24-12-14-6-3-2-4-7-14/h2-9,15H,10-13H2,1H3,(H,20,23). The molecule has 5 heteroatoms. The topological polar surface area (TPSA) is 50.3 Å². The van der Waals surface area contributed by atoms with Gasteiger partial charge in [0, 0.05) is 26.1 Å². The molecule has 0 amide bonds. The highest BCUT2D eigenvalue weighted by Crippen LogP contribution is 2.30. The summed E-state index contributed by atoms with van der Waals surface area (Å²) in [5.74, 6) is 0.542. The van der Waals surface area contributed by atoms with Gasteiger partial charge in [0.25, 0.3) is 0 Å². The Bertz CT molecular complexity index is 892. The molecular weight excluding hydrogens is 302 g/mol. The van der Waals surface area contributed by atoms with Gasteiger partial charge in [0.05, 0.1) is 29.9 Å². The molecule has 1 aliphatic heterocycles. The lowest BCUT2D eigenvalue weighted by atomic mass is 10.00. The molecule has 0 unspecified atom stereocenters. The number of nitrogens with one attached hydrogen (secondary N) is 1. The van der Waals surface area contributed by atoms with E-state index in [1.165, 1.54) is 5.56 Å². The van der Waals surface area contributed by atoms with Crippen LogP contribution in [0.5, 0.6) is 0 Å². The zero-order valence-electron chi connectivity index (χ0n) is 13.7. The minimum absolute atomic E-state index is 0.0688. The number of aromatic amines is 1. The van der Waals surface area contributed by atoms with Crippen LogP contribution < -0.4 is 10.6 Å². The highest BCUT2D eigenvalue weighted by atomic mass is 16.5. The lowest BCUT2D eigenvalue weighted by molar-refractivity contribution is 0.0774. The Balaban J connectivity index is 1.37. The van der Waals surface area contributed by atoms with E-state index in [0.29, 0.717) is 12.5 Å². The molecule has 4 rings (SSSR count). The molecule has 24 heavy (non-hydrogen) atoms. The predicted molar refractivity (Wildman–Crippen MR) is 95.3 cm³/mol. The molecule has 0 aliphatic carbocycles. The van der Waals surface area contributed by atoms with Crippen molar-refractivity contribution in [3.05, 3.63) is 64.6 Å². The van der Waals surface area contributed by atoms with E-state index in [0.717, 1.165) is 36.4 Å². The minimum Gasteiger partial charge on any atom is -0.376 e. The molecule has 2 heterocycles. The quantitative estimate of drug-likeness (QED) is 0.785. The van der Waals surface area contributed by atoms with E-state index >= 15 is 0 Å². The summed E-state index contributed by atoms with van der Waals surface area (Å²) in [4.78, 5) is 17.0. The van der Waals surface area contributed by atoms with Gasteiger partial charge < -0.3 is 14.6 Å². The highest BCUT2D eigenvalue weighted by Gasteiger charge is 2.28. The molecule has 1 fully saturated rings. The third kappa shape index (κ3) is 2.71. The van der Waals surface area contributed by atoms with Gasteiger partial charge >= 0.3 is 5.69 Å². The van der Waals surface area contributed by atoms with Crippen molar-refractivity contribution in [1.29, 1.82) is 0 Å². The number of anilines is 1. The number of para-hydroxylation sites is 1. The summed E-state index contributed by atoms with van der Waals surface area (Å²) >= 11 is 0. The summed E-state index contributed by atoms with van der Waals surface area (Å²) < 4.78 is 7.52. The van der Waals surface area contributed by atoms with Crippen LogP contribution in [0.25, 0.3) is 11.0 Å². The first-order valence-electron chi connectivity index (χ1n) is 8.26. The molecule has 0 saturated carbocycles. The van der Waals surface area contributed by atoms with Gasteiger partial charge in [-0.25, -0.2) is 4.79 Å². The SMILES string of the molecule is Cn1c(=O)[nH]c2cccc(N3CC(COCc4ccccc4)C3)c21. The maximum absolute atomic E-state index is 11.8. The fourth-order valence-electron chi connectivity index (χ4n) is 3.33. The molecule has 0 radical (unpaired) electrons. The van der Waals surface area contributed by atoms with Gasteiger partial charge in [0.15, 0.2) is 0 Å². The number of benzene rings is 2. The van der Waals surface area contributed by atoms with Crippen LogP contribution in [0.1, 0.15) is 5.56 Å². The smallest absolute Gasteiger partial charge is 0.326 e. The largest absolute Gasteiger partial charge is 0.376 e. The number of aromatic nitrogens is 2. The van der Waals surface area contributed by atoms with Crippen LogP contribution in [0.15, 0.2) is 53.3 Å². The monoisotopic (exact) mass is 323 g/mol. The van der Waals surface area contributed by atoms with Gasteiger partial charge in [-0.2, -0.15) is 0 Å². The van der Waals surface area contributed by atoms with Crippen molar-refractivity contribution in [1.82, 2.24) is 9.55 Å². The Morgan fingerprint density at radius 3 is 2.71 bits per heavy atom. The maximum Gasteiger partial charge on any atom is 0.326 e. The number of H-pyrrole nitrogens is 1. The van der Waals surface area contributed by atoms with Crippen molar-refractivity contribution in [2.75, 3.05) is 24.6 Å². The summed E-state index contributed by atoms with van der Waals surface area (Å²) in [6.07, 6.45) is 0. The second kappa shape index (κ2) is 6.17. The average Bonchev–Trinajstić information content (AvgIpc) is 2.86. The molecule has 124 valence electrons. The Labute approximate surface area is 140 Å². The first-order chi connectivity index (χ1) is 11.7. The predicted octanol–water partition coefficient (Wildman–Crippen LogP) is 2.52. The van der Waals surface area contributed by atoms with Gasteiger partial charge in [0.2, 0.25) is 0 Å².